The van der Waals surface area contributed by atoms with Gasteiger partial charge in [0.25, 0.3) is 0 Å². The van der Waals surface area contributed by atoms with Crippen molar-refractivity contribution in [3.63, 3.8) is 0 Å². The first-order chi connectivity index (χ1) is 13.5. The van der Waals surface area contributed by atoms with E-state index in [2.05, 4.69) is 5.32 Å². The summed E-state index contributed by atoms with van der Waals surface area (Å²) in [6.45, 7) is 2.72. The third-order valence-electron chi connectivity index (χ3n) is 4.51. The second-order valence-electron chi connectivity index (χ2n) is 6.59. The van der Waals surface area contributed by atoms with Gasteiger partial charge in [0.2, 0.25) is 11.8 Å². The lowest BCUT2D eigenvalue weighted by Crippen LogP contribution is -2.48. The highest BCUT2D eigenvalue weighted by Gasteiger charge is 2.25. The molecule has 1 unspecified atom stereocenters. The van der Waals surface area contributed by atoms with Crippen molar-refractivity contribution < 1.29 is 18.7 Å². The monoisotopic (exact) mass is 386 g/mol. The van der Waals surface area contributed by atoms with Crippen LogP contribution in [0.4, 0.5) is 4.39 Å². The summed E-state index contributed by atoms with van der Waals surface area (Å²) >= 11 is 0. The SMILES string of the molecule is COCCNC(=O)C(C)N(Cc1ccc(F)cc1)C(=O)CCc1ccccc1. The highest BCUT2D eigenvalue weighted by molar-refractivity contribution is 5.87. The van der Waals surface area contributed by atoms with Crippen LogP contribution in [0.3, 0.4) is 0 Å². The molecule has 2 amide bonds. The molecule has 2 aromatic rings. The van der Waals surface area contributed by atoms with Gasteiger partial charge in [0.05, 0.1) is 6.61 Å². The van der Waals surface area contributed by atoms with E-state index in [0.717, 1.165) is 11.1 Å². The topological polar surface area (TPSA) is 58.6 Å². The molecule has 0 fully saturated rings. The molecule has 0 aromatic heterocycles. The maximum Gasteiger partial charge on any atom is 0.242 e. The number of amides is 2. The van der Waals surface area contributed by atoms with E-state index in [1.807, 2.05) is 30.3 Å². The van der Waals surface area contributed by atoms with Crippen LogP contribution < -0.4 is 5.32 Å². The molecule has 0 heterocycles. The number of halogens is 1. The molecule has 28 heavy (non-hydrogen) atoms. The van der Waals surface area contributed by atoms with E-state index in [1.165, 1.54) is 17.0 Å². The van der Waals surface area contributed by atoms with Gasteiger partial charge in [-0.2, -0.15) is 0 Å². The Morgan fingerprint density at radius 1 is 1.07 bits per heavy atom. The molecular weight excluding hydrogens is 359 g/mol. The Morgan fingerprint density at radius 2 is 1.75 bits per heavy atom. The number of hydrogen-bond acceptors (Lipinski definition) is 3. The molecule has 0 aliphatic rings. The number of nitrogens with zero attached hydrogens (tertiary/aromatic N) is 1. The average Bonchev–Trinajstić information content (AvgIpc) is 2.72. The zero-order chi connectivity index (χ0) is 20.4. The normalized spacial score (nSPS) is 11.7. The molecular formula is C22H27FN2O3. The summed E-state index contributed by atoms with van der Waals surface area (Å²) in [5.41, 5.74) is 1.83. The summed E-state index contributed by atoms with van der Waals surface area (Å²) in [5, 5.41) is 2.77. The molecule has 2 aromatic carbocycles. The second kappa shape index (κ2) is 11.2. The Morgan fingerprint density at radius 3 is 2.39 bits per heavy atom. The minimum Gasteiger partial charge on any atom is -0.383 e. The number of ether oxygens (including phenoxy) is 1. The van der Waals surface area contributed by atoms with Crippen LogP contribution in [-0.4, -0.2) is 43.0 Å². The Labute approximate surface area is 165 Å². The van der Waals surface area contributed by atoms with Gasteiger partial charge in [0, 0.05) is 26.6 Å². The van der Waals surface area contributed by atoms with Crippen LogP contribution in [0.2, 0.25) is 0 Å². The van der Waals surface area contributed by atoms with E-state index in [9.17, 15) is 14.0 Å². The molecule has 6 heteroatoms. The van der Waals surface area contributed by atoms with Gasteiger partial charge < -0.3 is 15.0 Å². The van der Waals surface area contributed by atoms with Crippen LogP contribution in [0, 0.1) is 5.82 Å². The van der Waals surface area contributed by atoms with Crippen LogP contribution in [0.5, 0.6) is 0 Å². The molecule has 5 nitrogen and oxygen atoms in total. The lowest BCUT2D eigenvalue weighted by Gasteiger charge is -2.29. The fourth-order valence-electron chi connectivity index (χ4n) is 2.83. The van der Waals surface area contributed by atoms with Crippen LogP contribution in [-0.2, 0) is 27.3 Å². The number of hydrogen-bond donors (Lipinski definition) is 1. The zero-order valence-electron chi connectivity index (χ0n) is 16.4. The molecule has 1 atom stereocenters. The van der Waals surface area contributed by atoms with E-state index in [0.29, 0.717) is 26.0 Å². The van der Waals surface area contributed by atoms with E-state index in [4.69, 9.17) is 4.74 Å². The molecule has 0 spiro atoms. The molecule has 0 saturated carbocycles. The van der Waals surface area contributed by atoms with E-state index >= 15 is 0 Å². The van der Waals surface area contributed by atoms with Crippen LogP contribution in [0.15, 0.2) is 54.6 Å². The Bertz CT molecular complexity index is 750. The molecule has 0 aliphatic heterocycles. The first kappa shape index (κ1) is 21.6. The second-order valence-corrected chi connectivity index (χ2v) is 6.59. The molecule has 0 bridgehead atoms. The number of carbonyl (C=O) groups is 2. The minimum absolute atomic E-state index is 0.123. The highest BCUT2D eigenvalue weighted by Crippen LogP contribution is 2.13. The Kier molecular flexibility index (Phi) is 8.62. The van der Waals surface area contributed by atoms with E-state index < -0.39 is 6.04 Å². The Hall–Kier alpha value is -2.73. The van der Waals surface area contributed by atoms with Crippen molar-refractivity contribution in [3.8, 4) is 0 Å². The maximum absolute atomic E-state index is 13.2. The summed E-state index contributed by atoms with van der Waals surface area (Å²) < 4.78 is 18.1. The van der Waals surface area contributed by atoms with Gasteiger partial charge >= 0.3 is 0 Å². The van der Waals surface area contributed by atoms with E-state index in [1.54, 1.807) is 26.2 Å². The predicted molar refractivity (Wildman–Crippen MR) is 106 cm³/mol. The number of rotatable bonds is 10. The zero-order valence-corrected chi connectivity index (χ0v) is 16.4. The number of methoxy groups -OCH3 is 1. The standard InChI is InChI=1S/C22H27FN2O3/c1-17(22(27)24-14-15-28-2)25(16-19-8-11-20(23)12-9-19)21(26)13-10-18-6-4-3-5-7-18/h3-9,11-12,17H,10,13-16H2,1-2H3,(H,24,27). The largest absolute Gasteiger partial charge is 0.383 e. The minimum atomic E-state index is -0.648. The molecule has 1 N–H and O–H groups in total. The van der Waals surface area contributed by atoms with Crippen molar-refractivity contribution in [3.05, 3.63) is 71.5 Å². The predicted octanol–water partition coefficient (Wildman–Crippen LogP) is 2.94. The molecule has 0 saturated heterocycles. The van der Waals surface area contributed by atoms with Crippen LogP contribution in [0.25, 0.3) is 0 Å². The maximum atomic E-state index is 13.2. The smallest absolute Gasteiger partial charge is 0.242 e. The van der Waals surface area contributed by atoms with Gasteiger partial charge in [-0.05, 0) is 36.6 Å². The average molecular weight is 386 g/mol. The van der Waals surface area contributed by atoms with Crippen molar-refractivity contribution in [1.82, 2.24) is 10.2 Å². The first-order valence-electron chi connectivity index (χ1n) is 9.35. The van der Waals surface area contributed by atoms with Crippen molar-refractivity contribution in [2.45, 2.75) is 32.4 Å². The van der Waals surface area contributed by atoms with Crippen LogP contribution >= 0.6 is 0 Å². The third-order valence-corrected chi connectivity index (χ3v) is 4.51. The number of aryl methyl sites for hydroxylation is 1. The molecule has 2 rings (SSSR count). The first-order valence-corrected chi connectivity index (χ1v) is 9.35. The van der Waals surface area contributed by atoms with Gasteiger partial charge in [0.1, 0.15) is 11.9 Å². The fraction of sp³-hybridized carbons (Fsp3) is 0.364. The van der Waals surface area contributed by atoms with Crippen molar-refractivity contribution in [2.75, 3.05) is 20.3 Å². The van der Waals surface area contributed by atoms with Gasteiger partial charge in [-0.1, -0.05) is 42.5 Å². The van der Waals surface area contributed by atoms with Gasteiger partial charge in [-0.25, -0.2) is 4.39 Å². The van der Waals surface area contributed by atoms with Crippen LogP contribution in [0.1, 0.15) is 24.5 Å². The number of carbonyl (C=O) groups excluding carboxylic acids is 2. The quantitative estimate of drug-likeness (QED) is 0.639. The summed E-state index contributed by atoms with van der Waals surface area (Å²) in [6.07, 6.45) is 0.887. The summed E-state index contributed by atoms with van der Waals surface area (Å²) in [4.78, 5) is 26.9. The molecule has 150 valence electrons. The Balaban J connectivity index is 2.08. The molecule has 0 aliphatic carbocycles. The van der Waals surface area contributed by atoms with Gasteiger partial charge in [-0.15, -0.1) is 0 Å². The fourth-order valence-corrected chi connectivity index (χ4v) is 2.83. The van der Waals surface area contributed by atoms with Gasteiger partial charge in [-0.3, -0.25) is 9.59 Å². The molecule has 0 radical (unpaired) electrons. The van der Waals surface area contributed by atoms with Crippen molar-refractivity contribution in [1.29, 1.82) is 0 Å². The highest BCUT2D eigenvalue weighted by atomic mass is 19.1. The van der Waals surface area contributed by atoms with E-state index in [-0.39, 0.29) is 24.2 Å². The van der Waals surface area contributed by atoms with Crippen molar-refractivity contribution >= 4 is 11.8 Å². The summed E-state index contributed by atoms with van der Waals surface area (Å²) in [6, 6.07) is 15.0. The lowest BCUT2D eigenvalue weighted by molar-refractivity contribution is -0.140. The van der Waals surface area contributed by atoms with Gasteiger partial charge in [0.15, 0.2) is 0 Å². The number of nitrogens with one attached hydrogen (secondary N) is 1. The third kappa shape index (κ3) is 6.78. The van der Waals surface area contributed by atoms with Crippen molar-refractivity contribution in [2.24, 2.45) is 0 Å². The summed E-state index contributed by atoms with van der Waals surface area (Å²) in [7, 11) is 1.56. The number of benzene rings is 2. The summed E-state index contributed by atoms with van der Waals surface area (Å²) in [5.74, 6) is -0.703. The lowest BCUT2D eigenvalue weighted by atomic mass is 10.1.